The Bertz CT molecular complexity index is 629. The maximum absolute atomic E-state index is 12.3. The summed E-state index contributed by atoms with van der Waals surface area (Å²) in [7, 11) is 0. The predicted molar refractivity (Wildman–Crippen MR) is 88.1 cm³/mol. The third-order valence-corrected chi connectivity index (χ3v) is 4.45. The topological polar surface area (TPSA) is 54.0 Å². The van der Waals surface area contributed by atoms with Gasteiger partial charge in [0.15, 0.2) is 0 Å². The molecular weight excluding hydrogens is 282 g/mol. The highest BCUT2D eigenvalue weighted by Crippen LogP contribution is 2.21. The number of nitrogens with zero attached hydrogens (tertiary/aromatic N) is 1. The normalized spacial score (nSPS) is 10.5. The summed E-state index contributed by atoms with van der Waals surface area (Å²) in [6, 6.07) is 4.02. The van der Waals surface area contributed by atoms with Crippen molar-refractivity contribution < 1.29 is 4.79 Å². The molecule has 0 saturated carbocycles. The summed E-state index contributed by atoms with van der Waals surface area (Å²) >= 11 is 1.72. The number of hydrogen-bond acceptors (Lipinski definition) is 4. The van der Waals surface area contributed by atoms with Crippen LogP contribution in [0.2, 0.25) is 0 Å². The van der Waals surface area contributed by atoms with Crippen molar-refractivity contribution in [1.29, 1.82) is 0 Å². The Morgan fingerprint density at radius 2 is 2.05 bits per heavy atom. The third-order valence-electron chi connectivity index (χ3n) is 3.29. The van der Waals surface area contributed by atoms with Gasteiger partial charge in [-0.25, -0.2) is 0 Å². The molecule has 0 saturated heterocycles. The van der Waals surface area contributed by atoms with Gasteiger partial charge >= 0.3 is 0 Å². The second kappa shape index (κ2) is 6.72. The van der Waals surface area contributed by atoms with Crippen molar-refractivity contribution in [1.82, 2.24) is 10.3 Å². The summed E-state index contributed by atoms with van der Waals surface area (Å²) in [5.74, 6) is -0.0952. The number of anilines is 1. The lowest BCUT2D eigenvalue weighted by Gasteiger charge is -2.11. The van der Waals surface area contributed by atoms with E-state index in [0.29, 0.717) is 12.1 Å². The number of thiophene rings is 1. The number of aromatic nitrogens is 1. The zero-order chi connectivity index (χ0) is 15.4. The van der Waals surface area contributed by atoms with Gasteiger partial charge in [-0.05, 0) is 45.4 Å². The summed E-state index contributed by atoms with van der Waals surface area (Å²) in [5, 5.41) is 6.18. The SMILES string of the molecule is CCNc1cc(C)ncc1C(=O)NCc1cc(C)c(C)s1. The molecule has 0 aromatic carbocycles. The molecule has 2 aromatic rings. The van der Waals surface area contributed by atoms with E-state index in [1.807, 2.05) is 19.9 Å². The minimum atomic E-state index is -0.0952. The van der Waals surface area contributed by atoms with Crippen molar-refractivity contribution in [2.24, 2.45) is 0 Å². The summed E-state index contributed by atoms with van der Waals surface area (Å²) < 4.78 is 0. The molecule has 4 nitrogen and oxygen atoms in total. The van der Waals surface area contributed by atoms with Crippen LogP contribution >= 0.6 is 11.3 Å². The minimum absolute atomic E-state index is 0.0952. The van der Waals surface area contributed by atoms with Gasteiger partial charge in [0.2, 0.25) is 0 Å². The van der Waals surface area contributed by atoms with E-state index in [4.69, 9.17) is 0 Å². The van der Waals surface area contributed by atoms with Crippen molar-refractivity contribution in [3.05, 3.63) is 44.9 Å². The molecule has 0 unspecified atom stereocenters. The first kappa shape index (κ1) is 15.5. The molecule has 2 N–H and O–H groups in total. The van der Waals surface area contributed by atoms with E-state index < -0.39 is 0 Å². The Balaban J connectivity index is 2.09. The lowest BCUT2D eigenvalue weighted by Crippen LogP contribution is -2.24. The van der Waals surface area contributed by atoms with Gasteiger partial charge in [-0.2, -0.15) is 0 Å². The summed E-state index contributed by atoms with van der Waals surface area (Å²) in [6.45, 7) is 9.43. The van der Waals surface area contributed by atoms with E-state index >= 15 is 0 Å². The first-order valence-corrected chi connectivity index (χ1v) is 7.87. The fraction of sp³-hybridized carbons (Fsp3) is 0.375. The number of carbonyl (C=O) groups is 1. The van der Waals surface area contributed by atoms with Gasteiger partial charge in [0.05, 0.1) is 17.8 Å². The number of aryl methyl sites for hydroxylation is 3. The largest absolute Gasteiger partial charge is 0.385 e. The lowest BCUT2D eigenvalue weighted by molar-refractivity contribution is 0.0951. The quantitative estimate of drug-likeness (QED) is 0.889. The van der Waals surface area contributed by atoms with Crippen molar-refractivity contribution in [2.75, 3.05) is 11.9 Å². The molecule has 0 radical (unpaired) electrons. The molecule has 2 heterocycles. The highest BCUT2D eigenvalue weighted by atomic mass is 32.1. The molecular formula is C16H21N3OS. The molecule has 0 atom stereocenters. The van der Waals surface area contributed by atoms with Crippen LogP contribution in [-0.2, 0) is 6.54 Å². The number of nitrogens with one attached hydrogen (secondary N) is 2. The lowest BCUT2D eigenvalue weighted by atomic mass is 10.2. The van der Waals surface area contributed by atoms with Crippen molar-refractivity contribution in [3.63, 3.8) is 0 Å². The van der Waals surface area contributed by atoms with Gasteiger partial charge in [0, 0.05) is 28.2 Å². The van der Waals surface area contributed by atoms with Gasteiger partial charge < -0.3 is 10.6 Å². The third kappa shape index (κ3) is 3.82. The minimum Gasteiger partial charge on any atom is -0.385 e. The molecule has 112 valence electrons. The van der Waals surface area contributed by atoms with Crippen LogP contribution in [0.1, 0.15) is 38.3 Å². The van der Waals surface area contributed by atoms with E-state index in [1.54, 1.807) is 17.5 Å². The average Bonchev–Trinajstić information content (AvgIpc) is 2.76. The first-order valence-electron chi connectivity index (χ1n) is 7.06. The van der Waals surface area contributed by atoms with Crippen LogP contribution in [0.4, 0.5) is 5.69 Å². The predicted octanol–water partition coefficient (Wildman–Crippen LogP) is 3.43. The molecule has 1 amide bonds. The van der Waals surface area contributed by atoms with Crippen LogP contribution in [-0.4, -0.2) is 17.4 Å². The Kier molecular flexibility index (Phi) is 4.96. The van der Waals surface area contributed by atoms with E-state index in [-0.39, 0.29) is 5.91 Å². The van der Waals surface area contributed by atoms with Crippen LogP contribution in [0.15, 0.2) is 18.3 Å². The Labute approximate surface area is 129 Å². The molecule has 2 rings (SSSR count). The summed E-state index contributed by atoms with van der Waals surface area (Å²) in [5.41, 5.74) is 3.59. The molecule has 21 heavy (non-hydrogen) atoms. The van der Waals surface area contributed by atoms with Crippen molar-refractivity contribution in [2.45, 2.75) is 34.2 Å². The van der Waals surface area contributed by atoms with Crippen LogP contribution < -0.4 is 10.6 Å². The fourth-order valence-electron chi connectivity index (χ4n) is 2.08. The number of hydrogen-bond donors (Lipinski definition) is 2. The van der Waals surface area contributed by atoms with Crippen LogP contribution in [0.5, 0.6) is 0 Å². The average molecular weight is 303 g/mol. The zero-order valence-corrected chi connectivity index (χ0v) is 13.7. The van der Waals surface area contributed by atoms with Gasteiger partial charge in [0.25, 0.3) is 5.91 Å². The van der Waals surface area contributed by atoms with E-state index in [0.717, 1.165) is 17.9 Å². The fourth-order valence-corrected chi connectivity index (χ4v) is 3.07. The zero-order valence-electron chi connectivity index (χ0n) is 12.9. The Hall–Kier alpha value is -1.88. The number of amides is 1. The smallest absolute Gasteiger partial charge is 0.255 e. The highest BCUT2D eigenvalue weighted by molar-refractivity contribution is 7.12. The summed E-state index contributed by atoms with van der Waals surface area (Å²) in [6.07, 6.45) is 1.63. The first-order chi connectivity index (χ1) is 10.0. The maximum atomic E-state index is 12.3. The van der Waals surface area contributed by atoms with Crippen LogP contribution in [0, 0.1) is 20.8 Å². The second-order valence-electron chi connectivity index (χ2n) is 5.04. The summed E-state index contributed by atoms with van der Waals surface area (Å²) in [4.78, 5) is 19.0. The molecule has 0 aliphatic rings. The molecule has 0 fully saturated rings. The molecule has 0 aliphatic carbocycles. The maximum Gasteiger partial charge on any atom is 0.255 e. The van der Waals surface area contributed by atoms with Gasteiger partial charge in [-0.3, -0.25) is 9.78 Å². The Morgan fingerprint density at radius 1 is 1.29 bits per heavy atom. The van der Waals surface area contributed by atoms with Gasteiger partial charge in [-0.1, -0.05) is 0 Å². The number of carbonyl (C=O) groups excluding carboxylic acids is 1. The molecule has 2 aromatic heterocycles. The molecule has 5 heteroatoms. The second-order valence-corrected chi connectivity index (χ2v) is 6.38. The van der Waals surface area contributed by atoms with E-state index in [9.17, 15) is 4.79 Å². The molecule has 0 bridgehead atoms. The van der Waals surface area contributed by atoms with E-state index in [1.165, 1.54) is 15.3 Å². The van der Waals surface area contributed by atoms with Crippen molar-refractivity contribution in [3.8, 4) is 0 Å². The van der Waals surface area contributed by atoms with Crippen molar-refractivity contribution >= 4 is 22.9 Å². The van der Waals surface area contributed by atoms with E-state index in [2.05, 4.69) is 35.5 Å². The molecule has 0 spiro atoms. The number of rotatable bonds is 5. The molecule has 0 aliphatic heterocycles. The standard InChI is InChI=1S/C16H21N3OS/c1-5-17-15-7-11(3)18-9-14(15)16(20)19-8-13-6-10(2)12(4)21-13/h6-7,9H,5,8H2,1-4H3,(H,17,18)(H,19,20). The monoisotopic (exact) mass is 303 g/mol. The van der Waals surface area contributed by atoms with Gasteiger partial charge in [-0.15, -0.1) is 11.3 Å². The van der Waals surface area contributed by atoms with Crippen LogP contribution in [0.3, 0.4) is 0 Å². The van der Waals surface area contributed by atoms with Gasteiger partial charge in [0.1, 0.15) is 0 Å². The Morgan fingerprint density at radius 3 is 2.67 bits per heavy atom. The highest BCUT2D eigenvalue weighted by Gasteiger charge is 2.12. The number of pyridine rings is 1. The van der Waals surface area contributed by atoms with Crippen LogP contribution in [0.25, 0.3) is 0 Å².